The number of ether oxygens (including phenoxy) is 4. The maximum Gasteiger partial charge on any atom is 0.231 e. The molecule has 0 fully saturated rings. The average molecular weight is 389 g/mol. The predicted octanol–water partition coefficient (Wildman–Crippen LogP) is 4.13. The van der Waals surface area contributed by atoms with Crippen molar-refractivity contribution in [3.05, 3.63) is 70.7 Å². The van der Waals surface area contributed by atoms with Crippen LogP contribution in [-0.4, -0.2) is 18.5 Å². The first-order chi connectivity index (χ1) is 14.3. The van der Waals surface area contributed by atoms with Crippen molar-refractivity contribution in [2.75, 3.05) is 13.6 Å². The molecule has 0 radical (unpaired) electrons. The summed E-state index contributed by atoms with van der Waals surface area (Å²) in [6, 6.07) is 13.2. The first kappa shape index (κ1) is 15.8. The summed E-state index contributed by atoms with van der Waals surface area (Å²) in [7, 11) is 0. The largest absolute Gasteiger partial charge is 0.468 e. The average Bonchev–Trinajstić information content (AvgIpc) is 3.48. The van der Waals surface area contributed by atoms with E-state index in [0.29, 0.717) is 13.6 Å². The molecule has 0 N–H and O–H groups in total. The molecule has 146 valence electrons. The maximum atomic E-state index is 5.69. The summed E-state index contributed by atoms with van der Waals surface area (Å²) in [6.45, 7) is 1.36. The number of hydrogen-bond donors (Lipinski definition) is 0. The molecule has 5 heterocycles. The molecule has 4 aliphatic rings. The van der Waals surface area contributed by atoms with Crippen molar-refractivity contribution in [3.63, 3.8) is 0 Å². The molecule has 29 heavy (non-hydrogen) atoms. The van der Waals surface area contributed by atoms with Gasteiger partial charge in [0, 0.05) is 12.1 Å². The minimum Gasteiger partial charge on any atom is -0.468 e. The monoisotopic (exact) mass is 389 g/mol. The second-order valence-electron chi connectivity index (χ2n) is 8.00. The summed E-state index contributed by atoms with van der Waals surface area (Å²) in [5, 5.41) is 0. The van der Waals surface area contributed by atoms with Crippen molar-refractivity contribution >= 4 is 0 Å². The molecule has 1 aromatic heterocycles. The third kappa shape index (κ3) is 2.26. The van der Waals surface area contributed by atoms with E-state index in [2.05, 4.69) is 29.2 Å². The number of hydrogen-bond acceptors (Lipinski definition) is 6. The molecule has 0 aliphatic carbocycles. The minimum absolute atomic E-state index is 0.247. The van der Waals surface area contributed by atoms with Crippen LogP contribution in [0.15, 0.2) is 47.1 Å². The first-order valence-corrected chi connectivity index (χ1v) is 9.96. The molecular weight excluding hydrogens is 370 g/mol. The van der Waals surface area contributed by atoms with Crippen LogP contribution in [0.1, 0.15) is 40.1 Å². The Morgan fingerprint density at radius 1 is 0.759 bits per heavy atom. The third-order valence-electron chi connectivity index (χ3n) is 6.53. The second-order valence-corrected chi connectivity index (χ2v) is 8.00. The van der Waals surface area contributed by atoms with Gasteiger partial charge in [-0.15, -0.1) is 0 Å². The van der Waals surface area contributed by atoms with E-state index in [1.807, 2.05) is 12.1 Å². The molecule has 6 nitrogen and oxygen atoms in total. The van der Waals surface area contributed by atoms with Crippen LogP contribution >= 0.6 is 0 Å². The molecule has 2 atom stereocenters. The normalized spacial score (nSPS) is 23.0. The van der Waals surface area contributed by atoms with Crippen LogP contribution in [0.5, 0.6) is 23.0 Å². The van der Waals surface area contributed by atoms with Crippen LogP contribution in [0.3, 0.4) is 0 Å². The second kappa shape index (κ2) is 5.70. The molecule has 0 amide bonds. The van der Waals surface area contributed by atoms with Crippen molar-refractivity contribution in [3.8, 4) is 23.0 Å². The fraction of sp³-hybridized carbons (Fsp3) is 0.304. The molecule has 2 unspecified atom stereocenters. The van der Waals surface area contributed by atoms with E-state index in [1.54, 1.807) is 6.26 Å². The molecule has 2 bridgehead atoms. The van der Waals surface area contributed by atoms with Gasteiger partial charge in [-0.25, -0.2) is 0 Å². The Bertz CT molecular complexity index is 1050. The van der Waals surface area contributed by atoms with Gasteiger partial charge in [-0.3, -0.25) is 4.90 Å². The summed E-state index contributed by atoms with van der Waals surface area (Å²) in [5.74, 6) is 4.38. The van der Waals surface area contributed by atoms with Crippen molar-refractivity contribution in [1.29, 1.82) is 0 Å². The van der Waals surface area contributed by atoms with E-state index in [9.17, 15) is 0 Å². The smallest absolute Gasteiger partial charge is 0.231 e. The highest BCUT2D eigenvalue weighted by Crippen LogP contribution is 2.52. The van der Waals surface area contributed by atoms with Crippen molar-refractivity contribution in [2.24, 2.45) is 0 Å². The lowest BCUT2D eigenvalue weighted by atomic mass is 9.76. The fourth-order valence-corrected chi connectivity index (χ4v) is 5.22. The van der Waals surface area contributed by atoms with Gasteiger partial charge in [0.05, 0.1) is 12.8 Å². The lowest BCUT2D eigenvalue weighted by Crippen LogP contribution is -2.42. The fourth-order valence-electron chi connectivity index (χ4n) is 5.22. The highest BCUT2D eigenvalue weighted by Gasteiger charge is 2.42. The Kier molecular flexibility index (Phi) is 3.10. The predicted molar refractivity (Wildman–Crippen MR) is 102 cm³/mol. The Morgan fingerprint density at radius 2 is 1.31 bits per heavy atom. The van der Waals surface area contributed by atoms with E-state index in [1.165, 1.54) is 22.3 Å². The zero-order valence-corrected chi connectivity index (χ0v) is 15.7. The van der Waals surface area contributed by atoms with E-state index in [0.717, 1.165) is 48.1 Å². The summed E-state index contributed by atoms with van der Waals surface area (Å²) in [5.41, 5.74) is 5.31. The van der Waals surface area contributed by atoms with Crippen molar-refractivity contribution in [2.45, 2.75) is 31.5 Å². The number of nitrogens with zero attached hydrogens (tertiary/aromatic N) is 1. The van der Waals surface area contributed by atoms with E-state index in [4.69, 9.17) is 23.4 Å². The Labute approximate surface area is 167 Å². The lowest BCUT2D eigenvalue weighted by Gasteiger charge is -2.47. The Hall–Kier alpha value is -3.12. The summed E-state index contributed by atoms with van der Waals surface area (Å²) in [6.07, 6.45) is 3.57. The zero-order chi connectivity index (χ0) is 18.9. The van der Waals surface area contributed by atoms with Gasteiger partial charge in [0.2, 0.25) is 13.6 Å². The Balaban J connectivity index is 1.38. The van der Waals surface area contributed by atoms with Gasteiger partial charge in [-0.2, -0.15) is 0 Å². The van der Waals surface area contributed by atoms with Crippen LogP contribution in [0.25, 0.3) is 0 Å². The highest BCUT2D eigenvalue weighted by molar-refractivity contribution is 5.56. The van der Waals surface area contributed by atoms with Gasteiger partial charge < -0.3 is 23.4 Å². The molecule has 7 rings (SSSR count). The van der Waals surface area contributed by atoms with Crippen LogP contribution in [0, 0.1) is 0 Å². The molecular formula is C23H19NO5. The van der Waals surface area contributed by atoms with Gasteiger partial charge in [0.1, 0.15) is 5.76 Å². The van der Waals surface area contributed by atoms with Gasteiger partial charge in [0.25, 0.3) is 0 Å². The zero-order valence-electron chi connectivity index (χ0n) is 15.7. The van der Waals surface area contributed by atoms with Gasteiger partial charge in [-0.05, 0) is 71.5 Å². The molecule has 6 heteroatoms. The summed E-state index contributed by atoms with van der Waals surface area (Å²) < 4.78 is 28.3. The van der Waals surface area contributed by atoms with Crippen molar-refractivity contribution in [1.82, 2.24) is 4.90 Å². The molecule has 0 saturated carbocycles. The van der Waals surface area contributed by atoms with E-state index < -0.39 is 0 Å². The molecule has 3 aromatic rings. The number of fused-ring (bicyclic) bond motifs is 8. The number of benzene rings is 2. The third-order valence-corrected chi connectivity index (χ3v) is 6.53. The summed E-state index contributed by atoms with van der Waals surface area (Å²) in [4.78, 5) is 2.55. The molecule has 0 saturated heterocycles. The van der Waals surface area contributed by atoms with E-state index >= 15 is 0 Å². The van der Waals surface area contributed by atoms with Gasteiger partial charge in [-0.1, -0.05) is 0 Å². The van der Waals surface area contributed by atoms with Crippen molar-refractivity contribution < 1.29 is 23.4 Å². The van der Waals surface area contributed by atoms with Gasteiger partial charge in [0.15, 0.2) is 23.0 Å². The highest BCUT2D eigenvalue weighted by atomic mass is 16.7. The number of furan rings is 1. The summed E-state index contributed by atoms with van der Waals surface area (Å²) >= 11 is 0. The lowest BCUT2D eigenvalue weighted by molar-refractivity contribution is 0.0838. The molecule has 2 aromatic carbocycles. The maximum absolute atomic E-state index is 5.69. The standard InChI is InChI=1S/C23H19NO5/c1-2-15(25-3-1)10-24-18-4-13-6-20-22(28-11-26-20)8-16(13)19(24)5-14-7-21-23(9-17(14)18)29-12-27-21/h1-3,6-9,18-19H,4-5,10-12H2. The van der Waals surface area contributed by atoms with Crippen LogP contribution in [0.4, 0.5) is 0 Å². The topological polar surface area (TPSA) is 53.3 Å². The van der Waals surface area contributed by atoms with E-state index in [-0.39, 0.29) is 12.1 Å². The number of rotatable bonds is 2. The van der Waals surface area contributed by atoms with Crippen LogP contribution < -0.4 is 18.9 Å². The first-order valence-electron chi connectivity index (χ1n) is 9.96. The van der Waals surface area contributed by atoms with Gasteiger partial charge >= 0.3 is 0 Å². The van der Waals surface area contributed by atoms with Crippen LogP contribution in [0.2, 0.25) is 0 Å². The minimum atomic E-state index is 0.247. The van der Waals surface area contributed by atoms with Crippen LogP contribution in [-0.2, 0) is 19.4 Å². The molecule has 4 aliphatic heterocycles. The SMILES string of the molecule is c1coc(CN2C3Cc4cc5c(cc4C2Cc2cc4c(cc23)OCO4)OCO5)c1. The Morgan fingerprint density at radius 3 is 1.83 bits per heavy atom. The molecule has 0 spiro atoms. The quantitative estimate of drug-likeness (QED) is 0.657.